The van der Waals surface area contributed by atoms with Crippen molar-refractivity contribution in [1.82, 2.24) is 0 Å². The number of aliphatic hydroxyl groups excluding tert-OH is 1. The summed E-state index contributed by atoms with van der Waals surface area (Å²) >= 11 is 3.49. The number of anilines is 2. The smallest absolute Gasteiger partial charge is 0.300 e. The summed E-state index contributed by atoms with van der Waals surface area (Å²) in [6.45, 7) is 11.8. The number of hydrogen-bond acceptors (Lipinski definition) is 4. The molecule has 1 saturated heterocycles. The van der Waals surface area contributed by atoms with Crippen LogP contribution in [-0.4, -0.2) is 29.9 Å². The van der Waals surface area contributed by atoms with Gasteiger partial charge >= 0.3 is 0 Å². The predicted molar refractivity (Wildman–Crippen MR) is 150 cm³/mol. The van der Waals surface area contributed by atoms with E-state index in [9.17, 15) is 14.7 Å². The highest BCUT2D eigenvalue weighted by Gasteiger charge is 2.47. The first-order chi connectivity index (χ1) is 17.2. The number of nitrogens with zero attached hydrogens (tertiary/aromatic N) is 2. The van der Waals surface area contributed by atoms with Crippen molar-refractivity contribution in [3.63, 3.8) is 0 Å². The largest absolute Gasteiger partial charge is 0.507 e. The Labute approximate surface area is 221 Å². The molecule has 6 heteroatoms. The van der Waals surface area contributed by atoms with Gasteiger partial charge in [0.2, 0.25) is 0 Å². The lowest BCUT2D eigenvalue weighted by atomic mass is 9.94. The molecule has 1 N–H and O–H groups in total. The Morgan fingerprint density at radius 2 is 1.58 bits per heavy atom. The fraction of sp³-hybridized carbons (Fsp3) is 0.267. The van der Waals surface area contributed by atoms with Crippen LogP contribution in [0.15, 0.2) is 70.7 Å². The summed E-state index contributed by atoms with van der Waals surface area (Å²) in [5.74, 6) is -1.50. The van der Waals surface area contributed by atoms with Crippen LogP contribution < -0.4 is 9.80 Å². The lowest BCUT2D eigenvalue weighted by molar-refractivity contribution is -0.132. The Morgan fingerprint density at radius 1 is 0.917 bits per heavy atom. The molecule has 1 unspecified atom stereocenters. The molecule has 4 rings (SSSR count). The molecule has 186 valence electrons. The van der Waals surface area contributed by atoms with Gasteiger partial charge in [0.1, 0.15) is 5.76 Å². The number of ketones is 1. The van der Waals surface area contributed by atoms with E-state index in [0.29, 0.717) is 11.3 Å². The second kappa shape index (κ2) is 10.3. The molecule has 0 spiro atoms. The van der Waals surface area contributed by atoms with Gasteiger partial charge in [0.25, 0.3) is 11.7 Å². The maximum Gasteiger partial charge on any atom is 0.300 e. The number of benzene rings is 3. The summed E-state index contributed by atoms with van der Waals surface area (Å²) in [4.78, 5) is 30.7. The van der Waals surface area contributed by atoms with Crippen LogP contribution in [0.5, 0.6) is 0 Å². The molecule has 1 atom stereocenters. The average molecular weight is 547 g/mol. The third-order valence-electron chi connectivity index (χ3n) is 6.84. The molecule has 0 saturated carbocycles. The van der Waals surface area contributed by atoms with Gasteiger partial charge < -0.3 is 10.0 Å². The number of aliphatic hydroxyl groups is 1. The molecule has 1 fully saturated rings. The van der Waals surface area contributed by atoms with Crippen molar-refractivity contribution < 1.29 is 14.7 Å². The summed E-state index contributed by atoms with van der Waals surface area (Å²) in [7, 11) is 0. The molecule has 0 bridgehead atoms. The van der Waals surface area contributed by atoms with E-state index in [1.54, 1.807) is 6.07 Å². The van der Waals surface area contributed by atoms with Crippen LogP contribution in [0.3, 0.4) is 0 Å². The van der Waals surface area contributed by atoms with Gasteiger partial charge in [-0.25, -0.2) is 0 Å². The Morgan fingerprint density at radius 3 is 2.19 bits per heavy atom. The van der Waals surface area contributed by atoms with Crippen molar-refractivity contribution in [2.45, 2.75) is 40.7 Å². The molecule has 36 heavy (non-hydrogen) atoms. The molecule has 3 aromatic carbocycles. The fourth-order valence-corrected chi connectivity index (χ4v) is 5.03. The molecule has 5 nitrogen and oxygen atoms in total. The van der Waals surface area contributed by atoms with Crippen LogP contribution in [-0.2, 0) is 9.59 Å². The number of amides is 1. The van der Waals surface area contributed by atoms with Crippen molar-refractivity contribution in [3.05, 3.63) is 98.5 Å². The van der Waals surface area contributed by atoms with Crippen molar-refractivity contribution in [3.8, 4) is 0 Å². The molecule has 1 aliphatic heterocycles. The molecule has 0 radical (unpaired) electrons. The van der Waals surface area contributed by atoms with Gasteiger partial charge in [0, 0.05) is 34.5 Å². The zero-order valence-corrected chi connectivity index (χ0v) is 22.9. The predicted octanol–water partition coefficient (Wildman–Crippen LogP) is 6.85. The van der Waals surface area contributed by atoms with Gasteiger partial charge in [0.05, 0.1) is 11.6 Å². The van der Waals surface area contributed by atoms with Gasteiger partial charge in [-0.2, -0.15) is 0 Å². The van der Waals surface area contributed by atoms with Gasteiger partial charge in [-0.1, -0.05) is 46.3 Å². The summed E-state index contributed by atoms with van der Waals surface area (Å²) in [5, 5.41) is 11.4. The summed E-state index contributed by atoms with van der Waals surface area (Å²) in [6.07, 6.45) is 0. The third kappa shape index (κ3) is 4.58. The molecule has 1 amide bonds. The Kier molecular flexibility index (Phi) is 7.36. The van der Waals surface area contributed by atoms with E-state index in [2.05, 4.69) is 34.7 Å². The van der Waals surface area contributed by atoms with Crippen LogP contribution in [0.25, 0.3) is 5.76 Å². The first kappa shape index (κ1) is 25.7. The van der Waals surface area contributed by atoms with Crippen LogP contribution in [0.1, 0.15) is 47.7 Å². The number of rotatable bonds is 6. The topological polar surface area (TPSA) is 60.9 Å². The number of aryl methyl sites for hydroxylation is 3. The van der Waals surface area contributed by atoms with Gasteiger partial charge in [-0.05, 0) is 87.2 Å². The summed E-state index contributed by atoms with van der Waals surface area (Å²) < 4.78 is 0.901. The minimum atomic E-state index is -0.750. The Hall–Kier alpha value is -3.38. The highest BCUT2D eigenvalue weighted by atomic mass is 79.9. The first-order valence-electron chi connectivity index (χ1n) is 12.2. The Bertz CT molecular complexity index is 1360. The number of Topliss-reactive ketones (excluding diaryl/α,β-unsaturated/α-hetero) is 1. The fourth-order valence-electron chi connectivity index (χ4n) is 4.78. The molecule has 3 aromatic rings. The van der Waals surface area contributed by atoms with E-state index in [1.165, 1.54) is 4.90 Å². The summed E-state index contributed by atoms with van der Waals surface area (Å²) in [6, 6.07) is 18.4. The number of carbonyl (C=O) groups is 2. The van der Waals surface area contributed by atoms with E-state index >= 15 is 0 Å². The van der Waals surface area contributed by atoms with E-state index in [-0.39, 0.29) is 11.3 Å². The number of halogens is 1. The van der Waals surface area contributed by atoms with E-state index in [1.807, 2.05) is 75.4 Å². The standard InChI is InChI=1S/C30H31BrN2O3/c1-6-32(7-2)23-13-10-21(11-14-23)27-26(28(34)22-12-15-24(31)20(5)17-22)29(35)30(36)33(27)25-16-18(3)8-9-19(25)4/h8-17,27,34H,6-7H2,1-5H3/b28-26-. The Balaban J connectivity index is 1.94. The van der Waals surface area contributed by atoms with Crippen LogP contribution in [0.2, 0.25) is 0 Å². The maximum absolute atomic E-state index is 13.5. The number of carbonyl (C=O) groups excluding carboxylic acids is 2. The monoisotopic (exact) mass is 546 g/mol. The van der Waals surface area contributed by atoms with Crippen LogP contribution >= 0.6 is 15.9 Å². The first-order valence-corrected chi connectivity index (χ1v) is 13.0. The molecular weight excluding hydrogens is 516 g/mol. The van der Waals surface area contributed by atoms with Crippen molar-refractivity contribution in [2.75, 3.05) is 22.9 Å². The zero-order chi connectivity index (χ0) is 26.1. The summed E-state index contributed by atoms with van der Waals surface area (Å²) in [5.41, 5.74) is 5.88. The van der Waals surface area contributed by atoms with E-state index in [4.69, 9.17) is 0 Å². The van der Waals surface area contributed by atoms with Crippen molar-refractivity contribution in [2.24, 2.45) is 0 Å². The quantitative estimate of drug-likeness (QED) is 0.208. The minimum absolute atomic E-state index is 0.0956. The molecule has 0 aliphatic carbocycles. The van der Waals surface area contributed by atoms with Gasteiger partial charge in [-0.3, -0.25) is 14.5 Å². The molecule has 1 heterocycles. The molecule has 1 aliphatic rings. The van der Waals surface area contributed by atoms with Gasteiger partial charge in [0.15, 0.2) is 0 Å². The number of hydrogen-bond donors (Lipinski definition) is 1. The lowest BCUT2D eigenvalue weighted by Crippen LogP contribution is -2.30. The van der Waals surface area contributed by atoms with E-state index in [0.717, 1.165) is 45.5 Å². The van der Waals surface area contributed by atoms with Crippen molar-refractivity contribution >= 4 is 44.8 Å². The highest BCUT2D eigenvalue weighted by molar-refractivity contribution is 9.10. The van der Waals surface area contributed by atoms with Crippen LogP contribution in [0.4, 0.5) is 11.4 Å². The zero-order valence-electron chi connectivity index (χ0n) is 21.3. The minimum Gasteiger partial charge on any atom is -0.507 e. The van der Waals surface area contributed by atoms with E-state index < -0.39 is 17.7 Å². The lowest BCUT2D eigenvalue weighted by Gasteiger charge is -2.28. The average Bonchev–Trinajstić information content (AvgIpc) is 3.13. The van der Waals surface area contributed by atoms with Crippen molar-refractivity contribution in [1.29, 1.82) is 0 Å². The highest BCUT2D eigenvalue weighted by Crippen LogP contribution is 2.43. The molecule has 0 aromatic heterocycles. The van der Waals surface area contributed by atoms with Crippen LogP contribution in [0, 0.1) is 20.8 Å². The second-order valence-electron chi connectivity index (χ2n) is 9.19. The maximum atomic E-state index is 13.5. The normalized spacial score (nSPS) is 17.1. The molecular formula is C30H31BrN2O3. The third-order valence-corrected chi connectivity index (χ3v) is 7.73. The SMILES string of the molecule is CCN(CC)c1ccc(C2/C(=C(/O)c3ccc(Br)c(C)c3)C(=O)C(=O)N2c2cc(C)ccc2C)cc1. The van der Waals surface area contributed by atoms with Gasteiger partial charge in [-0.15, -0.1) is 0 Å². The second-order valence-corrected chi connectivity index (χ2v) is 10.0.